The number of halogens is 3. The highest BCUT2D eigenvalue weighted by Gasteiger charge is 2.15. The summed E-state index contributed by atoms with van der Waals surface area (Å²) in [5.74, 6) is 0. The van der Waals surface area contributed by atoms with Gasteiger partial charge in [0.2, 0.25) is 0 Å². The Balaban J connectivity index is 2.44. The van der Waals surface area contributed by atoms with Crippen LogP contribution in [0.25, 0.3) is 0 Å². The van der Waals surface area contributed by atoms with E-state index >= 15 is 0 Å². The van der Waals surface area contributed by atoms with Crippen molar-refractivity contribution in [1.29, 1.82) is 0 Å². The van der Waals surface area contributed by atoms with Gasteiger partial charge >= 0.3 is 0 Å². The predicted molar refractivity (Wildman–Crippen MR) is 76.7 cm³/mol. The molecule has 18 heavy (non-hydrogen) atoms. The van der Waals surface area contributed by atoms with E-state index in [4.69, 9.17) is 34.8 Å². The number of aliphatic hydroxyl groups excluding tert-OH is 1. The molecule has 94 valence electrons. The number of hydrogen-bond donors (Lipinski definition) is 1. The third kappa shape index (κ3) is 2.65. The van der Waals surface area contributed by atoms with E-state index < -0.39 is 6.10 Å². The summed E-state index contributed by atoms with van der Waals surface area (Å²) in [5, 5.41) is 11.9. The summed E-state index contributed by atoms with van der Waals surface area (Å²) in [6.07, 6.45) is -0.765. The predicted octanol–water partition coefficient (Wildman–Crippen LogP) is 5.04. The van der Waals surface area contributed by atoms with Crippen LogP contribution >= 0.6 is 34.8 Å². The quantitative estimate of drug-likeness (QED) is 0.824. The minimum Gasteiger partial charge on any atom is -0.384 e. The molecule has 1 N–H and O–H groups in total. The molecule has 0 fully saturated rings. The van der Waals surface area contributed by atoms with Crippen molar-refractivity contribution in [3.8, 4) is 0 Å². The Morgan fingerprint density at radius 1 is 0.944 bits per heavy atom. The Labute approximate surface area is 121 Å². The van der Waals surface area contributed by atoms with Crippen molar-refractivity contribution in [2.45, 2.75) is 13.0 Å². The fourth-order valence-corrected chi connectivity index (χ4v) is 2.27. The van der Waals surface area contributed by atoms with E-state index in [2.05, 4.69) is 0 Å². The molecule has 1 unspecified atom stereocenters. The molecule has 0 amide bonds. The molecule has 0 bridgehead atoms. The molecule has 0 aliphatic heterocycles. The van der Waals surface area contributed by atoms with E-state index in [1.807, 2.05) is 19.1 Å². The molecule has 1 nitrogen and oxygen atoms in total. The van der Waals surface area contributed by atoms with Gasteiger partial charge in [0.05, 0.1) is 10.0 Å². The summed E-state index contributed by atoms with van der Waals surface area (Å²) >= 11 is 17.8. The van der Waals surface area contributed by atoms with Crippen LogP contribution in [0.1, 0.15) is 22.8 Å². The molecule has 2 aromatic carbocycles. The fourth-order valence-electron chi connectivity index (χ4n) is 1.78. The molecule has 0 saturated carbocycles. The summed E-state index contributed by atoms with van der Waals surface area (Å²) in [4.78, 5) is 0. The lowest BCUT2D eigenvalue weighted by molar-refractivity contribution is 0.219. The van der Waals surface area contributed by atoms with E-state index in [0.29, 0.717) is 20.6 Å². The second-order valence-electron chi connectivity index (χ2n) is 4.03. The van der Waals surface area contributed by atoms with Crippen molar-refractivity contribution in [3.63, 3.8) is 0 Å². The topological polar surface area (TPSA) is 20.2 Å². The molecule has 1 atom stereocenters. The van der Waals surface area contributed by atoms with Crippen LogP contribution in [-0.2, 0) is 0 Å². The van der Waals surface area contributed by atoms with Gasteiger partial charge in [0, 0.05) is 5.02 Å². The van der Waals surface area contributed by atoms with E-state index in [1.54, 1.807) is 24.3 Å². The highest BCUT2D eigenvalue weighted by atomic mass is 35.5. The maximum absolute atomic E-state index is 10.4. The summed E-state index contributed by atoms with van der Waals surface area (Å²) in [6.45, 7) is 1.87. The van der Waals surface area contributed by atoms with Crippen LogP contribution in [0.5, 0.6) is 0 Å². The number of aliphatic hydroxyl groups is 1. The Bertz CT molecular complexity index is 581. The van der Waals surface area contributed by atoms with Crippen molar-refractivity contribution < 1.29 is 5.11 Å². The third-order valence-corrected chi connectivity index (χ3v) is 4.01. The molecule has 0 radical (unpaired) electrons. The average molecular weight is 302 g/mol. The van der Waals surface area contributed by atoms with Crippen LogP contribution in [0.3, 0.4) is 0 Å². The lowest BCUT2D eigenvalue weighted by Gasteiger charge is -2.15. The van der Waals surface area contributed by atoms with Crippen molar-refractivity contribution in [2.24, 2.45) is 0 Å². The van der Waals surface area contributed by atoms with Crippen molar-refractivity contribution in [1.82, 2.24) is 0 Å². The van der Waals surface area contributed by atoms with Crippen LogP contribution in [0.4, 0.5) is 0 Å². The fraction of sp³-hybridized carbons (Fsp3) is 0.143. The number of hydrogen-bond acceptors (Lipinski definition) is 1. The normalized spacial score (nSPS) is 12.5. The molecule has 0 aliphatic rings. The first-order valence-electron chi connectivity index (χ1n) is 5.38. The second kappa shape index (κ2) is 5.50. The van der Waals surface area contributed by atoms with Gasteiger partial charge in [0.25, 0.3) is 0 Å². The van der Waals surface area contributed by atoms with Crippen LogP contribution in [0.15, 0.2) is 36.4 Å². The van der Waals surface area contributed by atoms with Gasteiger partial charge in [0.15, 0.2) is 0 Å². The highest BCUT2D eigenvalue weighted by Crippen LogP contribution is 2.31. The van der Waals surface area contributed by atoms with E-state index in [9.17, 15) is 5.11 Å². The SMILES string of the molecule is Cc1c(Cl)cccc1C(O)c1ccc(Cl)c(Cl)c1. The lowest BCUT2D eigenvalue weighted by atomic mass is 9.97. The van der Waals surface area contributed by atoms with Gasteiger partial charge in [0.1, 0.15) is 6.10 Å². The first-order valence-corrected chi connectivity index (χ1v) is 6.52. The van der Waals surface area contributed by atoms with E-state index in [-0.39, 0.29) is 0 Å². The summed E-state index contributed by atoms with van der Waals surface area (Å²) in [6, 6.07) is 10.5. The van der Waals surface area contributed by atoms with Gasteiger partial charge in [-0.25, -0.2) is 0 Å². The largest absolute Gasteiger partial charge is 0.384 e. The standard InChI is InChI=1S/C14H11Cl3O/c1-8-10(3-2-4-11(8)15)14(18)9-5-6-12(16)13(17)7-9/h2-7,14,18H,1H3. The molecule has 4 heteroatoms. The minimum atomic E-state index is -0.765. The molecule has 2 aromatic rings. The Morgan fingerprint density at radius 3 is 2.33 bits per heavy atom. The van der Waals surface area contributed by atoms with Gasteiger partial charge in [-0.1, -0.05) is 53.0 Å². The zero-order valence-corrected chi connectivity index (χ0v) is 11.9. The molecular formula is C14H11Cl3O. The highest BCUT2D eigenvalue weighted by molar-refractivity contribution is 6.42. The lowest BCUT2D eigenvalue weighted by Crippen LogP contribution is -2.02. The molecule has 0 heterocycles. The summed E-state index contributed by atoms with van der Waals surface area (Å²) < 4.78 is 0. The van der Waals surface area contributed by atoms with Crippen LogP contribution in [0.2, 0.25) is 15.1 Å². The van der Waals surface area contributed by atoms with Crippen LogP contribution in [-0.4, -0.2) is 5.11 Å². The maximum atomic E-state index is 10.4. The Kier molecular flexibility index (Phi) is 4.18. The molecular weight excluding hydrogens is 291 g/mol. The van der Waals surface area contributed by atoms with E-state index in [1.165, 1.54) is 0 Å². The van der Waals surface area contributed by atoms with Crippen molar-refractivity contribution >= 4 is 34.8 Å². The molecule has 0 spiro atoms. The third-order valence-electron chi connectivity index (χ3n) is 2.86. The zero-order chi connectivity index (χ0) is 13.3. The number of benzene rings is 2. The van der Waals surface area contributed by atoms with Crippen molar-refractivity contribution in [2.75, 3.05) is 0 Å². The Hall–Kier alpha value is -0.730. The number of rotatable bonds is 2. The zero-order valence-electron chi connectivity index (χ0n) is 9.62. The molecule has 0 aromatic heterocycles. The van der Waals surface area contributed by atoms with Crippen molar-refractivity contribution in [3.05, 3.63) is 68.2 Å². The smallest absolute Gasteiger partial charge is 0.104 e. The summed E-state index contributed by atoms with van der Waals surface area (Å²) in [5.41, 5.74) is 2.31. The molecule has 2 rings (SSSR count). The van der Waals surface area contributed by atoms with Crippen LogP contribution < -0.4 is 0 Å². The first-order chi connectivity index (χ1) is 8.50. The van der Waals surface area contributed by atoms with E-state index in [0.717, 1.165) is 11.1 Å². The van der Waals surface area contributed by atoms with Gasteiger partial charge in [-0.05, 0) is 41.8 Å². The van der Waals surface area contributed by atoms with Gasteiger partial charge in [-0.2, -0.15) is 0 Å². The minimum absolute atomic E-state index is 0.424. The van der Waals surface area contributed by atoms with Gasteiger partial charge in [-0.15, -0.1) is 0 Å². The average Bonchev–Trinajstić information content (AvgIpc) is 2.35. The monoisotopic (exact) mass is 300 g/mol. The maximum Gasteiger partial charge on any atom is 0.104 e. The summed E-state index contributed by atoms with van der Waals surface area (Å²) in [7, 11) is 0. The van der Waals surface area contributed by atoms with Crippen LogP contribution in [0, 0.1) is 6.92 Å². The Morgan fingerprint density at radius 2 is 1.67 bits per heavy atom. The van der Waals surface area contributed by atoms with Gasteiger partial charge in [-0.3, -0.25) is 0 Å². The van der Waals surface area contributed by atoms with Gasteiger partial charge < -0.3 is 5.11 Å². The molecule has 0 saturated heterocycles. The first kappa shape index (κ1) is 13.7. The second-order valence-corrected chi connectivity index (χ2v) is 5.25. The molecule has 0 aliphatic carbocycles.